The van der Waals surface area contributed by atoms with E-state index in [1.807, 2.05) is 6.07 Å². The maximum absolute atomic E-state index is 12.1. The van der Waals surface area contributed by atoms with Crippen molar-refractivity contribution >= 4 is 21.6 Å². The molecule has 0 unspecified atom stereocenters. The lowest BCUT2D eigenvalue weighted by molar-refractivity contribution is 0.580. The number of aryl methyl sites for hydroxylation is 1. The lowest BCUT2D eigenvalue weighted by atomic mass is 10.2. The first-order valence-electron chi connectivity index (χ1n) is 5.96. The highest BCUT2D eigenvalue weighted by atomic mass is 35.5. The van der Waals surface area contributed by atoms with Crippen LogP contribution in [0.1, 0.15) is 11.4 Å². The number of nitrogens with zero attached hydrogens (tertiary/aromatic N) is 4. The van der Waals surface area contributed by atoms with Gasteiger partial charge in [-0.25, -0.2) is 13.1 Å². The predicted octanol–water partition coefficient (Wildman–Crippen LogP) is 0.861. The molecule has 0 bridgehead atoms. The van der Waals surface area contributed by atoms with Gasteiger partial charge < -0.3 is 4.57 Å². The van der Waals surface area contributed by atoms with Gasteiger partial charge in [0, 0.05) is 20.0 Å². The summed E-state index contributed by atoms with van der Waals surface area (Å²) in [4.78, 5) is -0.0545. The molecule has 0 radical (unpaired) electrons. The second kappa shape index (κ2) is 6.22. The van der Waals surface area contributed by atoms with Crippen LogP contribution in [0, 0.1) is 11.3 Å². The number of benzene rings is 1. The lowest BCUT2D eigenvalue weighted by Crippen LogP contribution is -2.27. The summed E-state index contributed by atoms with van der Waals surface area (Å²) in [7, 11) is -1.95. The number of nitriles is 1. The number of sulfonamides is 1. The van der Waals surface area contributed by atoms with Gasteiger partial charge in [0.25, 0.3) is 0 Å². The number of hydrogen-bond acceptors (Lipinski definition) is 5. The Balaban J connectivity index is 2.09. The summed E-state index contributed by atoms with van der Waals surface area (Å²) < 4.78 is 28.4. The Bertz CT molecular complexity index is 794. The van der Waals surface area contributed by atoms with Crippen LogP contribution in [-0.4, -0.2) is 29.7 Å². The second-order valence-electron chi connectivity index (χ2n) is 4.26. The minimum atomic E-state index is -3.73. The zero-order valence-corrected chi connectivity index (χ0v) is 12.7. The van der Waals surface area contributed by atoms with Gasteiger partial charge in [-0.1, -0.05) is 11.6 Å². The van der Waals surface area contributed by atoms with Gasteiger partial charge in [-0.15, -0.1) is 10.2 Å². The molecule has 0 amide bonds. The van der Waals surface area contributed by atoms with E-state index in [9.17, 15) is 8.42 Å². The number of aromatic nitrogens is 3. The van der Waals surface area contributed by atoms with Crippen molar-refractivity contribution < 1.29 is 8.42 Å². The van der Waals surface area contributed by atoms with E-state index in [2.05, 4.69) is 14.9 Å². The molecule has 0 saturated carbocycles. The van der Waals surface area contributed by atoms with Crippen molar-refractivity contribution in [1.29, 1.82) is 5.26 Å². The molecule has 110 valence electrons. The van der Waals surface area contributed by atoms with E-state index in [0.717, 1.165) is 0 Å². The molecule has 0 aliphatic carbocycles. The molecule has 1 heterocycles. The quantitative estimate of drug-likeness (QED) is 0.878. The highest BCUT2D eigenvalue weighted by Gasteiger charge is 2.18. The van der Waals surface area contributed by atoms with Crippen LogP contribution in [0.5, 0.6) is 0 Å². The van der Waals surface area contributed by atoms with E-state index in [1.54, 1.807) is 17.9 Å². The minimum absolute atomic E-state index is 0.0141. The SMILES string of the molecule is Cn1cnnc1CCNS(=O)(=O)c1ccc(C#N)cc1Cl. The van der Waals surface area contributed by atoms with Crippen molar-refractivity contribution in [2.45, 2.75) is 11.3 Å². The standard InChI is InChI=1S/C12H12ClN5O2S/c1-18-8-15-17-12(18)4-5-16-21(19,20)11-3-2-9(7-14)6-10(11)13/h2-3,6,8,16H,4-5H2,1H3. The average Bonchev–Trinajstić information content (AvgIpc) is 2.83. The molecule has 0 saturated heterocycles. The third-order valence-corrected chi connectivity index (χ3v) is 4.74. The first-order chi connectivity index (χ1) is 9.94. The first-order valence-corrected chi connectivity index (χ1v) is 7.82. The first kappa shape index (κ1) is 15.4. The Morgan fingerprint density at radius 1 is 1.48 bits per heavy atom. The van der Waals surface area contributed by atoms with Crippen LogP contribution in [-0.2, 0) is 23.5 Å². The molecule has 1 aromatic heterocycles. The summed E-state index contributed by atoms with van der Waals surface area (Å²) in [6.45, 7) is 0.172. The third kappa shape index (κ3) is 3.58. The fourth-order valence-electron chi connectivity index (χ4n) is 1.70. The van der Waals surface area contributed by atoms with Crippen LogP contribution in [0.4, 0.5) is 0 Å². The predicted molar refractivity (Wildman–Crippen MR) is 76.1 cm³/mol. The molecule has 21 heavy (non-hydrogen) atoms. The normalized spacial score (nSPS) is 11.3. The maximum Gasteiger partial charge on any atom is 0.242 e. The zero-order chi connectivity index (χ0) is 15.5. The number of rotatable bonds is 5. The van der Waals surface area contributed by atoms with Crippen molar-refractivity contribution in [3.8, 4) is 6.07 Å². The van der Waals surface area contributed by atoms with E-state index < -0.39 is 10.0 Å². The highest BCUT2D eigenvalue weighted by molar-refractivity contribution is 7.89. The van der Waals surface area contributed by atoms with Crippen molar-refractivity contribution in [3.05, 3.63) is 40.9 Å². The number of hydrogen-bond donors (Lipinski definition) is 1. The molecule has 0 fully saturated rings. The summed E-state index contributed by atoms with van der Waals surface area (Å²) in [5.74, 6) is 0.670. The smallest absolute Gasteiger partial charge is 0.242 e. The summed E-state index contributed by atoms with van der Waals surface area (Å²) in [6, 6.07) is 5.93. The van der Waals surface area contributed by atoms with Crippen LogP contribution in [0.15, 0.2) is 29.4 Å². The van der Waals surface area contributed by atoms with Crippen LogP contribution < -0.4 is 4.72 Å². The molecular formula is C12H12ClN5O2S. The van der Waals surface area contributed by atoms with Gasteiger partial charge in [0.1, 0.15) is 17.0 Å². The Morgan fingerprint density at radius 2 is 2.24 bits per heavy atom. The van der Waals surface area contributed by atoms with Crippen LogP contribution in [0.2, 0.25) is 5.02 Å². The molecule has 0 aliphatic heterocycles. The van der Waals surface area contributed by atoms with E-state index in [-0.39, 0.29) is 16.5 Å². The molecule has 0 spiro atoms. The van der Waals surface area contributed by atoms with Gasteiger partial charge in [-0.3, -0.25) is 0 Å². The van der Waals surface area contributed by atoms with Gasteiger partial charge in [0.15, 0.2) is 0 Å². The molecule has 9 heteroatoms. The summed E-state index contributed by atoms with van der Waals surface area (Å²) >= 11 is 5.90. The largest absolute Gasteiger partial charge is 0.321 e. The summed E-state index contributed by atoms with van der Waals surface area (Å²) in [5.41, 5.74) is 0.304. The number of halogens is 1. The van der Waals surface area contributed by atoms with Crippen molar-refractivity contribution in [2.24, 2.45) is 7.05 Å². The van der Waals surface area contributed by atoms with Crippen molar-refractivity contribution in [2.75, 3.05) is 6.54 Å². The van der Waals surface area contributed by atoms with Crippen molar-refractivity contribution in [1.82, 2.24) is 19.5 Å². The zero-order valence-electron chi connectivity index (χ0n) is 11.1. The van der Waals surface area contributed by atoms with E-state index in [0.29, 0.717) is 17.8 Å². The summed E-state index contributed by atoms with van der Waals surface area (Å²) in [6.07, 6.45) is 1.95. The fraction of sp³-hybridized carbons (Fsp3) is 0.250. The third-order valence-electron chi connectivity index (χ3n) is 2.80. The molecule has 1 N–H and O–H groups in total. The topological polar surface area (TPSA) is 101 Å². The number of nitrogens with one attached hydrogen (secondary N) is 1. The molecule has 2 aromatic rings. The van der Waals surface area contributed by atoms with E-state index in [1.165, 1.54) is 18.2 Å². The van der Waals surface area contributed by atoms with Crippen LogP contribution in [0.3, 0.4) is 0 Å². The van der Waals surface area contributed by atoms with Crippen LogP contribution >= 0.6 is 11.6 Å². The molecule has 1 aromatic carbocycles. The Labute approximate surface area is 127 Å². The summed E-state index contributed by atoms with van der Waals surface area (Å²) in [5, 5.41) is 16.3. The monoisotopic (exact) mass is 325 g/mol. The Kier molecular flexibility index (Phi) is 4.57. The Hall–Kier alpha value is -1.95. The Morgan fingerprint density at radius 3 is 2.81 bits per heavy atom. The van der Waals surface area contributed by atoms with Gasteiger partial charge in [-0.2, -0.15) is 5.26 Å². The van der Waals surface area contributed by atoms with Gasteiger partial charge in [0.05, 0.1) is 16.7 Å². The molecular weight excluding hydrogens is 314 g/mol. The molecule has 7 nitrogen and oxygen atoms in total. The second-order valence-corrected chi connectivity index (χ2v) is 6.41. The maximum atomic E-state index is 12.1. The van der Waals surface area contributed by atoms with Gasteiger partial charge in [0.2, 0.25) is 10.0 Å². The average molecular weight is 326 g/mol. The highest BCUT2D eigenvalue weighted by Crippen LogP contribution is 2.22. The van der Waals surface area contributed by atoms with E-state index in [4.69, 9.17) is 16.9 Å². The minimum Gasteiger partial charge on any atom is -0.321 e. The molecule has 0 atom stereocenters. The molecule has 0 aliphatic rings. The molecule has 2 rings (SSSR count). The van der Waals surface area contributed by atoms with Crippen molar-refractivity contribution in [3.63, 3.8) is 0 Å². The van der Waals surface area contributed by atoms with Gasteiger partial charge in [-0.05, 0) is 18.2 Å². The van der Waals surface area contributed by atoms with Crippen LogP contribution in [0.25, 0.3) is 0 Å². The van der Waals surface area contributed by atoms with E-state index >= 15 is 0 Å². The van der Waals surface area contributed by atoms with Gasteiger partial charge >= 0.3 is 0 Å². The lowest BCUT2D eigenvalue weighted by Gasteiger charge is -2.08. The fourth-order valence-corrected chi connectivity index (χ4v) is 3.27.